The Hall–Kier alpha value is -3.45. The maximum Gasteiger partial charge on any atom is 0.304 e. The first-order chi connectivity index (χ1) is 17.8. The lowest BCUT2D eigenvalue weighted by atomic mass is 9.99. The Morgan fingerprint density at radius 3 is 2.65 bits per heavy atom. The second-order valence-corrected chi connectivity index (χ2v) is 8.85. The molecule has 0 aliphatic carbocycles. The molecule has 200 valence electrons. The maximum atomic E-state index is 13.3. The van der Waals surface area contributed by atoms with Gasteiger partial charge in [-0.05, 0) is 55.5 Å². The van der Waals surface area contributed by atoms with Gasteiger partial charge in [-0.2, -0.15) is 9.65 Å². The molecular weight excluding hydrogens is 487 g/mol. The zero-order valence-electron chi connectivity index (χ0n) is 21.0. The Bertz CT molecular complexity index is 1090. The largest absolute Gasteiger partial charge is 0.488 e. The first-order valence-electron chi connectivity index (χ1n) is 12.3. The molecule has 0 saturated carbocycles. The van der Waals surface area contributed by atoms with Crippen molar-refractivity contribution in [2.45, 2.75) is 51.9 Å². The van der Waals surface area contributed by atoms with E-state index in [0.717, 1.165) is 29.8 Å². The van der Waals surface area contributed by atoms with Gasteiger partial charge in [0.15, 0.2) is 11.5 Å². The molecule has 2 atom stereocenters. The molecule has 0 bridgehead atoms. The number of nitriles is 1. The van der Waals surface area contributed by atoms with Crippen LogP contribution in [0.25, 0.3) is 0 Å². The summed E-state index contributed by atoms with van der Waals surface area (Å²) < 4.78 is 53.5. The number of halogens is 3. The predicted molar refractivity (Wildman–Crippen MR) is 133 cm³/mol. The number of esters is 1. The molecule has 0 amide bonds. The van der Waals surface area contributed by atoms with Crippen molar-refractivity contribution >= 4 is 11.7 Å². The summed E-state index contributed by atoms with van der Waals surface area (Å²) in [6.07, 6.45) is -3.71. The van der Waals surface area contributed by atoms with Crippen LogP contribution < -0.4 is 19.7 Å². The SMILES string of the molecule is CC(=O)OCCCN1CCc2cc(C[C@@H](C)NCCOc3ccccc3OC(F)C(F)F)cc(C#N)c21. The lowest BCUT2D eigenvalue weighted by Gasteiger charge is -2.21. The lowest BCUT2D eigenvalue weighted by molar-refractivity contribution is -0.140. The first kappa shape index (κ1) is 28.1. The van der Waals surface area contributed by atoms with Gasteiger partial charge in [0.05, 0.1) is 17.9 Å². The fourth-order valence-electron chi connectivity index (χ4n) is 4.32. The van der Waals surface area contributed by atoms with E-state index in [2.05, 4.69) is 27.1 Å². The molecule has 1 heterocycles. The highest BCUT2D eigenvalue weighted by atomic mass is 19.3. The number of rotatable bonds is 14. The Labute approximate surface area is 215 Å². The normalized spacial score (nSPS) is 14.1. The molecule has 3 rings (SSSR count). The monoisotopic (exact) mass is 519 g/mol. The van der Waals surface area contributed by atoms with E-state index < -0.39 is 12.8 Å². The van der Waals surface area contributed by atoms with Crippen LogP contribution in [0.5, 0.6) is 11.5 Å². The topological polar surface area (TPSA) is 83.8 Å². The van der Waals surface area contributed by atoms with Crippen molar-refractivity contribution < 1.29 is 32.2 Å². The van der Waals surface area contributed by atoms with Gasteiger partial charge in [0.1, 0.15) is 12.7 Å². The van der Waals surface area contributed by atoms with Crippen LogP contribution in [-0.2, 0) is 22.4 Å². The number of benzene rings is 2. The van der Waals surface area contributed by atoms with Crippen molar-refractivity contribution in [2.75, 3.05) is 37.7 Å². The van der Waals surface area contributed by atoms with Crippen molar-refractivity contribution in [3.05, 3.63) is 53.1 Å². The molecule has 2 aromatic carbocycles. The molecule has 7 nitrogen and oxygen atoms in total. The van der Waals surface area contributed by atoms with Gasteiger partial charge < -0.3 is 24.4 Å². The standard InChI is InChI=1S/C27H32F3N3O4/c1-18(32-9-13-36-23-6-3-4-7-24(23)37-27(30)26(28)29)14-20-15-21-8-11-33(10-5-12-35-19(2)34)25(21)22(16-20)17-31/h3-4,6-7,15-16,18,26-27,32H,5,8-14H2,1-2H3/t18-,27?/m1/s1. The van der Waals surface area contributed by atoms with Gasteiger partial charge in [-0.25, -0.2) is 8.78 Å². The van der Waals surface area contributed by atoms with E-state index in [1.54, 1.807) is 12.1 Å². The number of nitrogens with zero attached hydrogens (tertiary/aromatic N) is 2. The van der Waals surface area contributed by atoms with Gasteiger partial charge in [-0.1, -0.05) is 18.2 Å². The number of para-hydroxylation sites is 2. The van der Waals surface area contributed by atoms with E-state index in [4.69, 9.17) is 9.47 Å². The second-order valence-electron chi connectivity index (χ2n) is 8.85. The Morgan fingerprint density at radius 1 is 1.19 bits per heavy atom. The Morgan fingerprint density at radius 2 is 1.95 bits per heavy atom. The molecule has 0 fully saturated rings. The van der Waals surface area contributed by atoms with Gasteiger partial charge in [-0.15, -0.1) is 0 Å². The van der Waals surface area contributed by atoms with Crippen LogP contribution >= 0.6 is 0 Å². The number of carbonyl (C=O) groups excluding carboxylic acids is 1. The first-order valence-corrected chi connectivity index (χ1v) is 12.3. The van der Waals surface area contributed by atoms with E-state index in [-0.39, 0.29) is 30.1 Å². The Kier molecular flexibility index (Phi) is 10.4. The smallest absolute Gasteiger partial charge is 0.304 e. The molecule has 0 saturated heterocycles. The molecule has 0 spiro atoms. The van der Waals surface area contributed by atoms with Gasteiger partial charge in [-0.3, -0.25) is 4.79 Å². The number of ether oxygens (including phenoxy) is 3. The predicted octanol–water partition coefficient (Wildman–Crippen LogP) is 4.41. The summed E-state index contributed by atoms with van der Waals surface area (Å²) >= 11 is 0. The van der Waals surface area contributed by atoms with Crippen molar-refractivity contribution in [1.82, 2.24) is 5.32 Å². The molecule has 1 unspecified atom stereocenters. The number of carbonyl (C=O) groups is 1. The van der Waals surface area contributed by atoms with Crippen LogP contribution in [0.15, 0.2) is 36.4 Å². The fraction of sp³-hybridized carbons (Fsp3) is 0.481. The molecule has 2 aromatic rings. The highest BCUT2D eigenvalue weighted by molar-refractivity contribution is 5.68. The van der Waals surface area contributed by atoms with Crippen molar-refractivity contribution in [3.8, 4) is 17.6 Å². The fourth-order valence-corrected chi connectivity index (χ4v) is 4.32. The Balaban J connectivity index is 1.50. The second kappa shape index (κ2) is 13.7. The van der Waals surface area contributed by atoms with Crippen molar-refractivity contribution in [3.63, 3.8) is 0 Å². The molecular formula is C27H32F3N3O4. The molecule has 0 radical (unpaired) electrons. The van der Waals surface area contributed by atoms with Crippen LogP contribution in [-0.4, -0.2) is 57.6 Å². The summed E-state index contributed by atoms with van der Waals surface area (Å²) in [6.45, 7) is 6.01. The molecule has 37 heavy (non-hydrogen) atoms. The number of hydrogen-bond acceptors (Lipinski definition) is 7. The van der Waals surface area contributed by atoms with Gasteiger partial charge in [0.2, 0.25) is 0 Å². The third kappa shape index (κ3) is 8.29. The summed E-state index contributed by atoms with van der Waals surface area (Å²) in [5.41, 5.74) is 3.80. The van der Waals surface area contributed by atoms with Crippen LogP contribution in [0.2, 0.25) is 0 Å². The van der Waals surface area contributed by atoms with Crippen LogP contribution in [0.3, 0.4) is 0 Å². The van der Waals surface area contributed by atoms with Crippen LogP contribution in [0.4, 0.5) is 18.9 Å². The molecule has 0 aromatic heterocycles. The number of alkyl halides is 3. The third-order valence-corrected chi connectivity index (χ3v) is 5.90. The van der Waals surface area contributed by atoms with E-state index >= 15 is 0 Å². The van der Waals surface area contributed by atoms with Crippen molar-refractivity contribution in [1.29, 1.82) is 5.26 Å². The van der Waals surface area contributed by atoms with E-state index in [0.29, 0.717) is 38.1 Å². The number of fused-ring (bicyclic) bond motifs is 1. The van der Waals surface area contributed by atoms with Crippen LogP contribution in [0, 0.1) is 11.3 Å². The summed E-state index contributed by atoms with van der Waals surface area (Å²) in [5.74, 6) is -0.182. The highest BCUT2D eigenvalue weighted by Gasteiger charge is 2.24. The minimum absolute atomic E-state index is 0.0778. The molecule has 1 aliphatic heterocycles. The minimum Gasteiger partial charge on any atom is -0.488 e. The minimum atomic E-state index is -3.24. The number of nitrogens with one attached hydrogen (secondary N) is 1. The quantitative estimate of drug-likeness (QED) is 0.292. The van der Waals surface area contributed by atoms with Crippen LogP contribution in [0.1, 0.15) is 37.0 Å². The highest BCUT2D eigenvalue weighted by Crippen LogP contribution is 2.33. The lowest BCUT2D eigenvalue weighted by Crippen LogP contribution is -2.32. The summed E-state index contributed by atoms with van der Waals surface area (Å²) in [5, 5.41) is 13.1. The zero-order valence-corrected chi connectivity index (χ0v) is 21.0. The van der Waals surface area contributed by atoms with Gasteiger partial charge in [0.25, 0.3) is 6.36 Å². The average molecular weight is 520 g/mol. The van der Waals surface area contributed by atoms with Gasteiger partial charge >= 0.3 is 12.4 Å². The zero-order chi connectivity index (χ0) is 26.8. The molecule has 1 aliphatic rings. The van der Waals surface area contributed by atoms with E-state index in [1.165, 1.54) is 19.1 Å². The maximum absolute atomic E-state index is 13.3. The van der Waals surface area contributed by atoms with E-state index in [9.17, 15) is 23.2 Å². The van der Waals surface area contributed by atoms with E-state index in [1.807, 2.05) is 13.0 Å². The molecule has 1 N–H and O–H groups in total. The van der Waals surface area contributed by atoms with Gasteiger partial charge in [0, 0.05) is 32.6 Å². The third-order valence-electron chi connectivity index (χ3n) is 5.90. The number of anilines is 1. The summed E-state index contributed by atoms with van der Waals surface area (Å²) in [4.78, 5) is 13.1. The number of hydrogen-bond donors (Lipinski definition) is 1. The molecule has 10 heteroatoms. The average Bonchev–Trinajstić information content (AvgIpc) is 3.27. The van der Waals surface area contributed by atoms with Crippen molar-refractivity contribution in [2.24, 2.45) is 0 Å². The summed E-state index contributed by atoms with van der Waals surface area (Å²) in [6, 6.07) is 12.6. The summed E-state index contributed by atoms with van der Waals surface area (Å²) in [7, 11) is 0.